The number of hydrogen-bond donors (Lipinski definition) is 0. The van der Waals surface area contributed by atoms with Gasteiger partial charge in [0.2, 0.25) is 0 Å². The van der Waals surface area contributed by atoms with E-state index in [0.717, 1.165) is 12.8 Å². The zero-order valence-electron chi connectivity index (χ0n) is 15.4. The molecule has 25 heavy (non-hydrogen) atoms. The summed E-state index contributed by atoms with van der Waals surface area (Å²) < 4.78 is 5.54. The predicted molar refractivity (Wildman–Crippen MR) is 101 cm³/mol. The summed E-state index contributed by atoms with van der Waals surface area (Å²) in [5.74, 6) is 0. The molecule has 1 amide bonds. The third-order valence-electron chi connectivity index (χ3n) is 4.92. The number of likely N-dealkylation sites (tertiary alicyclic amines) is 1. The summed E-state index contributed by atoms with van der Waals surface area (Å²) in [7, 11) is 0. The second kappa shape index (κ2) is 6.91. The maximum Gasteiger partial charge on any atom is 0.410 e. The summed E-state index contributed by atoms with van der Waals surface area (Å²) in [6.45, 7) is 7.14. The quantitative estimate of drug-likeness (QED) is 0.771. The van der Waals surface area contributed by atoms with Gasteiger partial charge in [0.15, 0.2) is 0 Å². The highest BCUT2D eigenvalue weighted by molar-refractivity contribution is 5.68. The number of carbonyl (C=O) groups excluding carboxylic acids is 1. The Bertz CT molecular complexity index is 654. The third-order valence-corrected chi connectivity index (χ3v) is 4.92. The average Bonchev–Trinajstić information content (AvgIpc) is 2.62. The summed E-state index contributed by atoms with van der Waals surface area (Å²) in [5, 5.41) is 0. The van der Waals surface area contributed by atoms with E-state index in [-0.39, 0.29) is 11.5 Å². The lowest BCUT2D eigenvalue weighted by atomic mass is 9.68. The van der Waals surface area contributed by atoms with Crippen molar-refractivity contribution < 1.29 is 9.53 Å². The van der Waals surface area contributed by atoms with Crippen molar-refractivity contribution in [2.45, 2.75) is 44.6 Å². The van der Waals surface area contributed by atoms with Crippen LogP contribution in [0.4, 0.5) is 4.79 Å². The lowest BCUT2D eigenvalue weighted by molar-refractivity contribution is 0.0180. The number of piperidine rings is 1. The highest BCUT2D eigenvalue weighted by Crippen LogP contribution is 2.41. The van der Waals surface area contributed by atoms with Gasteiger partial charge >= 0.3 is 6.09 Å². The highest BCUT2D eigenvalue weighted by Gasteiger charge is 2.39. The van der Waals surface area contributed by atoms with Gasteiger partial charge in [0, 0.05) is 18.5 Å². The van der Waals surface area contributed by atoms with Crippen LogP contribution in [0.5, 0.6) is 0 Å². The van der Waals surface area contributed by atoms with Gasteiger partial charge in [-0.05, 0) is 44.7 Å². The molecule has 0 unspecified atom stereocenters. The second-order valence-electron chi connectivity index (χ2n) is 7.78. The van der Waals surface area contributed by atoms with Gasteiger partial charge in [-0.1, -0.05) is 60.7 Å². The molecule has 0 saturated carbocycles. The minimum atomic E-state index is -0.454. The first-order chi connectivity index (χ1) is 11.9. The van der Waals surface area contributed by atoms with Crippen LogP contribution in [-0.4, -0.2) is 29.7 Å². The van der Waals surface area contributed by atoms with Crippen molar-refractivity contribution in [3.63, 3.8) is 0 Å². The molecule has 1 saturated heterocycles. The highest BCUT2D eigenvalue weighted by atomic mass is 16.6. The van der Waals surface area contributed by atoms with E-state index in [4.69, 9.17) is 4.74 Å². The van der Waals surface area contributed by atoms with Gasteiger partial charge in [0.25, 0.3) is 0 Å². The Labute approximate surface area is 150 Å². The standard InChI is InChI=1S/C22H27NO2/c1-21(2,3)25-20(24)23-16-14-22(15-17-23,18-10-6-4-7-11-18)19-12-8-5-9-13-19/h4-13H,14-17H2,1-3H3. The average molecular weight is 337 g/mol. The number of nitrogens with zero attached hydrogens (tertiary/aromatic N) is 1. The number of benzene rings is 2. The largest absolute Gasteiger partial charge is 0.444 e. The van der Waals surface area contributed by atoms with Crippen LogP contribution in [0.25, 0.3) is 0 Å². The minimum Gasteiger partial charge on any atom is -0.444 e. The van der Waals surface area contributed by atoms with E-state index in [9.17, 15) is 4.79 Å². The van der Waals surface area contributed by atoms with Crippen molar-refractivity contribution in [3.8, 4) is 0 Å². The fraction of sp³-hybridized carbons (Fsp3) is 0.409. The summed E-state index contributed by atoms with van der Waals surface area (Å²) in [6.07, 6.45) is 1.60. The first-order valence-electron chi connectivity index (χ1n) is 9.00. The van der Waals surface area contributed by atoms with Gasteiger partial charge in [-0.15, -0.1) is 0 Å². The van der Waals surface area contributed by atoms with Gasteiger partial charge < -0.3 is 9.64 Å². The first-order valence-corrected chi connectivity index (χ1v) is 9.00. The number of carbonyl (C=O) groups is 1. The molecule has 132 valence electrons. The number of hydrogen-bond acceptors (Lipinski definition) is 2. The Morgan fingerprint density at radius 1 is 0.880 bits per heavy atom. The molecule has 0 radical (unpaired) electrons. The van der Waals surface area contributed by atoms with Crippen molar-refractivity contribution in [2.24, 2.45) is 0 Å². The van der Waals surface area contributed by atoms with Gasteiger partial charge in [0.1, 0.15) is 5.60 Å². The zero-order valence-corrected chi connectivity index (χ0v) is 15.4. The SMILES string of the molecule is CC(C)(C)OC(=O)N1CCC(c2ccccc2)(c2ccccc2)CC1. The van der Waals surface area contributed by atoms with Crippen LogP contribution in [-0.2, 0) is 10.2 Å². The van der Waals surface area contributed by atoms with Crippen molar-refractivity contribution in [1.82, 2.24) is 4.90 Å². The summed E-state index contributed by atoms with van der Waals surface area (Å²) in [4.78, 5) is 14.2. The van der Waals surface area contributed by atoms with E-state index in [1.165, 1.54) is 11.1 Å². The summed E-state index contributed by atoms with van der Waals surface area (Å²) in [5.41, 5.74) is 2.15. The number of rotatable bonds is 2. The molecule has 0 aliphatic carbocycles. The maximum atomic E-state index is 12.4. The molecule has 1 aliphatic heterocycles. The molecule has 1 fully saturated rings. The first kappa shape index (κ1) is 17.5. The second-order valence-corrected chi connectivity index (χ2v) is 7.78. The molecule has 3 nitrogen and oxygen atoms in total. The predicted octanol–water partition coefficient (Wildman–Crippen LogP) is 5.00. The lowest BCUT2D eigenvalue weighted by Gasteiger charge is -2.43. The molecule has 0 bridgehead atoms. The molecule has 1 heterocycles. The number of amides is 1. The molecule has 3 heteroatoms. The molecule has 0 aromatic heterocycles. The zero-order chi connectivity index (χ0) is 17.9. The van der Waals surface area contributed by atoms with Crippen molar-refractivity contribution in [2.75, 3.05) is 13.1 Å². The van der Waals surface area contributed by atoms with E-state index >= 15 is 0 Å². The van der Waals surface area contributed by atoms with Crippen LogP contribution in [0, 0.1) is 0 Å². The van der Waals surface area contributed by atoms with Crippen LogP contribution in [0.15, 0.2) is 60.7 Å². The molecule has 0 N–H and O–H groups in total. The smallest absolute Gasteiger partial charge is 0.410 e. The van der Waals surface area contributed by atoms with Gasteiger partial charge in [-0.25, -0.2) is 4.79 Å². The summed E-state index contributed by atoms with van der Waals surface area (Å²) in [6, 6.07) is 21.3. The molecule has 0 spiro atoms. The fourth-order valence-electron chi connectivity index (χ4n) is 3.66. The Hall–Kier alpha value is -2.29. The topological polar surface area (TPSA) is 29.5 Å². The molecule has 1 aliphatic rings. The molecule has 3 rings (SSSR count). The molecular weight excluding hydrogens is 310 g/mol. The van der Waals surface area contributed by atoms with E-state index in [2.05, 4.69) is 60.7 Å². The van der Waals surface area contributed by atoms with Gasteiger partial charge in [-0.3, -0.25) is 0 Å². The van der Waals surface area contributed by atoms with Gasteiger partial charge in [-0.2, -0.15) is 0 Å². The van der Waals surface area contributed by atoms with Crippen molar-refractivity contribution in [3.05, 3.63) is 71.8 Å². The molecule has 0 atom stereocenters. The van der Waals surface area contributed by atoms with Gasteiger partial charge in [0.05, 0.1) is 0 Å². The van der Waals surface area contributed by atoms with E-state index in [1.807, 2.05) is 25.7 Å². The number of ether oxygens (including phenoxy) is 1. The van der Waals surface area contributed by atoms with Crippen LogP contribution >= 0.6 is 0 Å². The fourth-order valence-corrected chi connectivity index (χ4v) is 3.66. The normalized spacial score (nSPS) is 17.2. The Kier molecular flexibility index (Phi) is 4.85. The van der Waals surface area contributed by atoms with E-state index in [0.29, 0.717) is 13.1 Å². The van der Waals surface area contributed by atoms with Crippen molar-refractivity contribution in [1.29, 1.82) is 0 Å². The summed E-state index contributed by atoms with van der Waals surface area (Å²) >= 11 is 0. The molecule has 2 aromatic rings. The van der Waals surface area contributed by atoms with Crippen molar-refractivity contribution >= 4 is 6.09 Å². The lowest BCUT2D eigenvalue weighted by Crippen LogP contribution is -2.47. The monoisotopic (exact) mass is 337 g/mol. The Balaban J connectivity index is 1.84. The minimum absolute atomic E-state index is 0.0406. The third kappa shape index (κ3) is 3.87. The van der Waals surface area contributed by atoms with Crippen LogP contribution in [0.2, 0.25) is 0 Å². The molecule has 2 aromatic carbocycles. The Morgan fingerprint density at radius 2 is 1.32 bits per heavy atom. The van der Waals surface area contributed by atoms with Crippen LogP contribution in [0.3, 0.4) is 0 Å². The van der Waals surface area contributed by atoms with E-state index < -0.39 is 5.60 Å². The van der Waals surface area contributed by atoms with E-state index in [1.54, 1.807) is 0 Å². The Morgan fingerprint density at radius 3 is 1.72 bits per heavy atom. The molecular formula is C22H27NO2. The van der Waals surface area contributed by atoms with Crippen LogP contribution in [0.1, 0.15) is 44.7 Å². The van der Waals surface area contributed by atoms with Crippen LogP contribution < -0.4 is 0 Å². The maximum absolute atomic E-state index is 12.4.